The van der Waals surface area contributed by atoms with Gasteiger partial charge in [-0.15, -0.1) is 0 Å². The van der Waals surface area contributed by atoms with Crippen LogP contribution in [0, 0.1) is 0 Å². The smallest absolute Gasteiger partial charge is 0.0314 e. The molecule has 0 heterocycles. The number of nitrogens with two attached hydrogens (primary N) is 1. The first-order chi connectivity index (χ1) is 12.3. The van der Waals surface area contributed by atoms with Crippen LogP contribution in [0.2, 0.25) is 0 Å². The molecule has 1 rings (SSSR count). The van der Waals surface area contributed by atoms with Crippen LogP contribution in [0.25, 0.3) is 0 Å². The number of thioether (sulfide) groups is 1. The van der Waals surface area contributed by atoms with Crippen LogP contribution in [0.5, 0.6) is 0 Å². The molecule has 0 aliphatic carbocycles. The first-order valence-corrected chi connectivity index (χ1v) is 11.9. The van der Waals surface area contributed by atoms with Gasteiger partial charge in [0.15, 0.2) is 0 Å². The van der Waals surface area contributed by atoms with E-state index in [1.165, 1.54) is 101 Å². The summed E-state index contributed by atoms with van der Waals surface area (Å²) in [6.45, 7) is 2.29. The molecule has 1 nitrogen and oxygen atoms in total. The largest absolute Gasteiger partial charge is 0.399 e. The molecule has 0 unspecified atom stereocenters. The first kappa shape index (κ1) is 22.4. The minimum absolute atomic E-state index is 0.862. The van der Waals surface area contributed by atoms with Gasteiger partial charge in [0.2, 0.25) is 0 Å². The summed E-state index contributed by atoms with van der Waals surface area (Å²) < 4.78 is 0. The Hall–Kier alpha value is -0.630. The van der Waals surface area contributed by atoms with Crippen molar-refractivity contribution in [3.05, 3.63) is 29.8 Å². The van der Waals surface area contributed by atoms with E-state index >= 15 is 0 Å². The van der Waals surface area contributed by atoms with E-state index in [-0.39, 0.29) is 0 Å². The van der Waals surface area contributed by atoms with Crippen LogP contribution in [0.1, 0.15) is 102 Å². The molecule has 2 N–H and O–H groups in total. The predicted octanol–water partition coefficient (Wildman–Crippen LogP) is 7.98. The van der Waals surface area contributed by atoms with E-state index in [9.17, 15) is 0 Å². The van der Waals surface area contributed by atoms with Gasteiger partial charge in [0.1, 0.15) is 0 Å². The topological polar surface area (TPSA) is 26.0 Å². The fourth-order valence-corrected chi connectivity index (χ4v) is 4.18. The van der Waals surface area contributed by atoms with Gasteiger partial charge in [0.05, 0.1) is 0 Å². The van der Waals surface area contributed by atoms with Gasteiger partial charge in [-0.3, -0.25) is 0 Å². The number of nitrogen functional groups attached to an aromatic ring is 1. The lowest BCUT2D eigenvalue weighted by atomic mass is 10.0. The van der Waals surface area contributed by atoms with Crippen LogP contribution in [0.3, 0.4) is 0 Å². The molecule has 0 amide bonds. The van der Waals surface area contributed by atoms with Crippen molar-refractivity contribution in [2.24, 2.45) is 0 Å². The Balaban J connectivity index is 1.74. The lowest BCUT2D eigenvalue weighted by Gasteiger charge is -2.04. The molecule has 144 valence electrons. The molecule has 0 saturated heterocycles. The van der Waals surface area contributed by atoms with Crippen LogP contribution < -0.4 is 5.73 Å². The van der Waals surface area contributed by atoms with Crippen LogP contribution >= 0.6 is 11.8 Å². The second kappa shape index (κ2) is 16.8. The molecule has 0 saturated carbocycles. The number of rotatable bonds is 17. The Kier molecular flexibility index (Phi) is 15.1. The van der Waals surface area contributed by atoms with Crippen LogP contribution in [0.4, 0.5) is 5.69 Å². The number of anilines is 1. The zero-order valence-corrected chi connectivity index (χ0v) is 17.4. The van der Waals surface area contributed by atoms with Gasteiger partial charge in [-0.1, -0.05) is 103 Å². The van der Waals surface area contributed by atoms with Crippen molar-refractivity contribution in [2.75, 3.05) is 11.5 Å². The lowest BCUT2D eigenvalue weighted by Crippen LogP contribution is -1.87. The second-order valence-electron chi connectivity index (χ2n) is 7.39. The monoisotopic (exact) mass is 363 g/mol. The minimum atomic E-state index is 0.862. The van der Waals surface area contributed by atoms with Gasteiger partial charge in [-0.2, -0.15) is 11.8 Å². The van der Waals surface area contributed by atoms with Gasteiger partial charge in [0.25, 0.3) is 0 Å². The lowest BCUT2D eigenvalue weighted by molar-refractivity contribution is 0.538. The van der Waals surface area contributed by atoms with Gasteiger partial charge in [0, 0.05) is 11.4 Å². The minimum Gasteiger partial charge on any atom is -0.399 e. The first-order valence-electron chi connectivity index (χ1n) is 10.7. The number of unbranched alkanes of at least 4 members (excludes halogenated alkanes) is 13. The van der Waals surface area contributed by atoms with Gasteiger partial charge < -0.3 is 5.73 Å². The standard InChI is InChI=1S/C23H41NS/c1-2-3-4-5-6-7-8-9-10-11-12-13-14-15-20-25-21-22-16-18-23(24)19-17-22/h16-19H,2-15,20-21,24H2,1H3. The van der Waals surface area contributed by atoms with E-state index in [1.54, 1.807) is 0 Å². The number of hydrogen-bond donors (Lipinski definition) is 1. The molecule has 25 heavy (non-hydrogen) atoms. The summed E-state index contributed by atoms with van der Waals surface area (Å²) in [7, 11) is 0. The maximum Gasteiger partial charge on any atom is 0.0314 e. The highest BCUT2D eigenvalue weighted by molar-refractivity contribution is 7.98. The normalized spacial score (nSPS) is 11.1. The van der Waals surface area contributed by atoms with Crippen LogP contribution in [-0.4, -0.2) is 5.75 Å². The predicted molar refractivity (Wildman–Crippen MR) is 117 cm³/mol. The van der Waals surface area contributed by atoms with Crippen molar-refractivity contribution in [1.29, 1.82) is 0 Å². The summed E-state index contributed by atoms with van der Waals surface area (Å²) in [6, 6.07) is 8.30. The van der Waals surface area contributed by atoms with Crippen molar-refractivity contribution in [2.45, 2.75) is 103 Å². The summed E-state index contributed by atoms with van der Waals surface area (Å²) >= 11 is 2.06. The molecule has 0 aromatic heterocycles. The molecule has 0 fully saturated rings. The fourth-order valence-electron chi connectivity index (χ4n) is 3.20. The van der Waals surface area contributed by atoms with E-state index < -0.39 is 0 Å². The summed E-state index contributed by atoms with van der Waals surface area (Å²) in [4.78, 5) is 0. The van der Waals surface area contributed by atoms with Crippen molar-refractivity contribution in [3.63, 3.8) is 0 Å². The fraction of sp³-hybridized carbons (Fsp3) is 0.739. The highest BCUT2D eigenvalue weighted by atomic mass is 32.2. The number of hydrogen-bond acceptors (Lipinski definition) is 2. The molecule has 0 atom stereocenters. The van der Waals surface area contributed by atoms with Gasteiger partial charge in [-0.05, 0) is 29.9 Å². The third kappa shape index (κ3) is 14.2. The average Bonchev–Trinajstić information content (AvgIpc) is 2.63. The molecule has 0 aliphatic rings. The summed E-state index contributed by atoms with van der Waals surface area (Å²) in [5.74, 6) is 2.42. The van der Waals surface area contributed by atoms with E-state index in [2.05, 4.69) is 30.8 Å². The highest BCUT2D eigenvalue weighted by Crippen LogP contribution is 2.17. The van der Waals surface area contributed by atoms with Crippen molar-refractivity contribution in [1.82, 2.24) is 0 Å². The van der Waals surface area contributed by atoms with E-state index in [1.807, 2.05) is 12.1 Å². The molecular weight excluding hydrogens is 322 g/mol. The molecule has 1 aromatic rings. The zero-order valence-electron chi connectivity index (χ0n) is 16.6. The summed E-state index contributed by atoms with van der Waals surface area (Å²) in [5.41, 5.74) is 7.97. The van der Waals surface area contributed by atoms with Gasteiger partial charge >= 0.3 is 0 Å². The van der Waals surface area contributed by atoms with Gasteiger partial charge in [-0.25, -0.2) is 0 Å². The Morgan fingerprint density at radius 2 is 1.08 bits per heavy atom. The van der Waals surface area contributed by atoms with E-state index in [4.69, 9.17) is 5.73 Å². The Labute approximate surface area is 161 Å². The third-order valence-electron chi connectivity index (χ3n) is 4.89. The zero-order chi connectivity index (χ0) is 18.0. The SMILES string of the molecule is CCCCCCCCCCCCCCCCSCc1ccc(N)cc1. The summed E-state index contributed by atoms with van der Waals surface area (Å²) in [6.07, 6.45) is 20.1. The Morgan fingerprint density at radius 1 is 0.640 bits per heavy atom. The molecule has 0 spiro atoms. The van der Waals surface area contributed by atoms with Crippen molar-refractivity contribution < 1.29 is 0 Å². The Morgan fingerprint density at radius 3 is 1.56 bits per heavy atom. The highest BCUT2D eigenvalue weighted by Gasteiger charge is 1.96. The third-order valence-corrected chi connectivity index (χ3v) is 6.01. The maximum absolute atomic E-state index is 5.71. The molecule has 2 heteroatoms. The second-order valence-corrected chi connectivity index (χ2v) is 8.50. The average molecular weight is 364 g/mol. The van der Waals surface area contributed by atoms with Crippen molar-refractivity contribution in [3.8, 4) is 0 Å². The maximum atomic E-state index is 5.71. The molecular formula is C23H41NS. The van der Waals surface area contributed by atoms with Crippen molar-refractivity contribution >= 4 is 17.4 Å². The van der Waals surface area contributed by atoms with Crippen LogP contribution in [-0.2, 0) is 5.75 Å². The Bertz CT molecular complexity index is 388. The molecule has 1 aromatic carbocycles. The molecule has 0 bridgehead atoms. The number of benzene rings is 1. The summed E-state index contributed by atoms with van der Waals surface area (Å²) in [5, 5.41) is 0. The molecule has 0 aliphatic heterocycles. The van der Waals surface area contributed by atoms with E-state index in [0.717, 1.165) is 11.4 Å². The quantitative estimate of drug-likeness (QED) is 0.224. The van der Waals surface area contributed by atoms with Crippen LogP contribution in [0.15, 0.2) is 24.3 Å². The van der Waals surface area contributed by atoms with E-state index in [0.29, 0.717) is 0 Å². The molecule has 0 radical (unpaired) electrons.